The molecule has 0 spiro atoms. The summed E-state index contributed by atoms with van der Waals surface area (Å²) in [4.78, 5) is 11.1. The Morgan fingerprint density at radius 1 is 1.40 bits per heavy atom. The van der Waals surface area contributed by atoms with Gasteiger partial charge in [-0.25, -0.2) is 9.52 Å². The smallest absolute Gasteiger partial charge is 0.422 e. The zero-order chi connectivity index (χ0) is 15.0. The van der Waals surface area contributed by atoms with Gasteiger partial charge in [0.2, 0.25) is 0 Å². The van der Waals surface area contributed by atoms with Crippen LogP contribution in [-0.4, -0.2) is 34.3 Å². The van der Waals surface area contributed by atoms with Crippen LogP contribution in [0.25, 0.3) is 0 Å². The average Bonchev–Trinajstić information content (AvgIpc) is 2.35. The number of hydrogen-bond donors (Lipinski definition) is 3. The van der Waals surface area contributed by atoms with Gasteiger partial charge in [0.15, 0.2) is 0 Å². The summed E-state index contributed by atoms with van der Waals surface area (Å²) in [5.41, 5.74) is 5.55. The number of anilines is 1. The Morgan fingerprint density at radius 3 is 2.80 bits per heavy atom. The van der Waals surface area contributed by atoms with Crippen molar-refractivity contribution in [2.75, 3.05) is 24.5 Å². The fourth-order valence-electron chi connectivity index (χ4n) is 1.28. The maximum Gasteiger partial charge on any atom is 0.422 e. The second-order valence-electron chi connectivity index (χ2n) is 3.59. The van der Waals surface area contributed by atoms with Crippen molar-refractivity contribution in [1.29, 1.82) is 0 Å². The van der Waals surface area contributed by atoms with Crippen molar-refractivity contribution in [3.05, 3.63) is 24.3 Å². The highest BCUT2D eigenvalue weighted by molar-refractivity contribution is 7.91. The van der Waals surface area contributed by atoms with E-state index >= 15 is 0 Å². The van der Waals surface area contributed by atoms with Gasteiger partial charge in [-0.15, -0.1) is 0 Å². The summed E-state index contributed by atoms with van der Waals surface area (Å²) in [6.45, 7) is 2.30. The molecule has 0 fully saturated rings. The molecular formula is C11H17N3O5S. The van der Waals surface area contributed by atoms with Gasteiger partial charge in [-0.2, -0.15) is 8.42 Å². The molecule has 20 heavy (non-hydrogen) atoms. The number of benzene rings is 1. The molecule has 0 bridgehead atoms. The van der Waals surface area contributed by atoms with E-state index in [1.807, 2.05) is 0 Å². The Balaban J connectivity index is 2.69. The van der Waals surface area contributed by atoms with Crippen LogP contribution in [-0.2, 0) is 14.9 Å². The number of carbonyl (C=O) groups is 1. The molecule has 1 rings (SSSR count). The van der Waals surface area contributed by atoms with Gasteiger partial charge in [-0.05, 0) is 19.1 Å². The SMILES string of the molecule is CCOC(=O)NS(=O)(=O)Nc1cccc(OCCN)c1. The molecule has 112 valence electrons. The average molecular weight is 303 g/mol. The predicted molar refractivity (Wildman–Crippen MR) is 73.7 cm³/mol. The quantitative estimate of drug-likeness (QED) is 0.672. The first-order valence-electron chi connectivity index (χ1n) is 5.87. The summed E-state index contributed by atoms with van der Waals surface area (Å²) in [7, 11) is -4.05. The lowest BCUT2D eigenvalue weighted by Crippen LogP contribution is -2.35. The Hall–Kier alpha value is -2.00. The lowest BCUT2D eigenvalue weighted by molar-refractivity contribution is 0.159. The van der Waals surface area contributed by atoms with Crippen molar-refractivity contribution in [2.24, 2.45) is 5.73 Å². The largest absolute Gasteiger partial charge is 0.492 e. The van der Waals surface area contributed by atoms with E-state index in [1.165, 1.54) is 12.1 Å². The minimum Gasteiger partial charge on any atom is -0.492 e. The number of hydrogen-bond acceptors (Lipinski definition) is 6. The number of rotatable bonds is 7. The van der Waals surface area contributed by atoms with Gasteiger partial charge in [0.1, 0.15) is 12.4 Å². The molecule has 0 aliphatic heterocycles. The van der Waals surface area contributed by atoms with Crippen LogP contribution >= 0.6 is 0 Å². The van der Waals surface area contributed by atoms with Gasteiger partial charge in [-0.3, -0.25) is 4.72 Å². The first-order chi connectivity index (χ1) is 9.46. The van der Waals surface area contributed by atoms with Crippen LogP contribution < -0.4 is 19.9 Å². The highest BCUT2D eigenvalue weighted by Crippen LogP contribution is 2.17. The third-order valence-corrected chi connectivity index (χ3v) is 2.91. The number of amides is 1. The topological polar surface area (TPSA) is 120 Å². The van der Waals surface area contributed by atoms with Crippen molar-refractivity contribution < 1.29 is 22.7 Å². The summed E-state index contributed by atoms with van der Waals surface area (Å²) in [5, 5.41) is 0. The normalized spacial score (nSPS) is 10.7. The first kappa shape index (κ1) is 16.1. The maximum atomic E-state index is 11.6. The summed E-state index contributed by atoms with van der Waals surface area (Å²) >= 11 is 0. The monoisotopic (exact) mass is 303 g/mol. The molecule has 0 unspecified atom stereocenters. The fourth-order valence-corrected chi connectivity index (χ4v) is 2.04. The maximum absolute atomic E-state index is 11.6. The molecule has 1 aromatic carbocycles. The van der Waals surface area contributed by atoms with Crippen LogP contribution in [0.15, 0.2) is 24.3 Å². The zero-order valence-corrected chi connectivity index (χ0v) is 11.8. The van der Waals surface area contributed by atoms with Crippen molar-refractivity contribution in [3.8, 4) is 5.75 Å². The summed E-state index contributed by atoms with van der Waals surface area (Å²) in [6.07, 6.45) is -1.05. The molecule has 4 N–H and O–H groups in total. The lowest BCUT2D eigenvalue weighted by atomic mass is 10.3. The Labute approximate surface area is 117 Å². The molecule has 0 heterocycles. The summed E-state index contributed by atoms with van der Waals surface area (Å²) in [5.74, 6) is 0.465. The van der Waals surface area contributed by atoms with E-state index in [1.54, 1.807) is 23.8 Å². The second-order valence-corrected chi connectivity index (χ2v) is 5.01. The number of nitrogens with one attached hydrogen (secondary N) is 2. The van der Waals surface area contributed by atoms with Gasteiger partial charge in [0.25, 0.3) is 0 Å². The van der Waals surface area contributed by atoms with Crippen LogP contribution in [0.1, 0.15) is 6.92 Å². The molecule has 1 aromatic rings. The highest BCUT2D eigenvalue weighted by Gasteiger charge is 2.15. The van der Waals surface area contributed by atoms with Crippen LogP contribution in [0.4, 0.5) is 10.5 Å². The minimum absolute atomic E-state index is 0.0732. The van der Waals surface area contributed by atoms with Gasteiger partial charge >= 0.3 is 16.3 Å². The lowest BCUT2D eigenvalue weighted by Gasteiger charge is -2.10. The third-order valence-electron chi connectivity index (χ3n) is 1.97. The third kappa shape index (κ3) is 5.76. The van der Waals surface area contributed by atoms with E-state index in [9.17, 15) is 13.2 Å². The van der Waals surface area contributed by atoms with Crippen molar-refractivity contribution >= 4 is 22.0 Å². The van der Waals surface area contributed by atoms with Crippen LogP contribution in [0.2, 0.25) is 0 Å². The van der Waals surface area contributed by atoms with Crippen LogP contribution in [0.5, 0.6) is 5.75 Å². The van der Waals surface area contributed by atoms with Gasteiger partial charge in [0.05, 0.1) is 12.3 Å². The molecule has 0 aliphatic carbocycles. The molecule has 0 saturated carbocycles. The Bertz CT molecular complexity index is 547. The zero-order valence-electron chi connectivity index (χ0n) is 11.0. The Morgan fingerprint density at radius 2 is 2.15 bits per heavy atom. The van der Waals surface area contributed by atoms with E-state index in [4.69, 9.17) is 10.5 Å². The van der Waals surface area contributed by atoms with E-state index in [0.29, 0.717) is 18.9 Å². The van der Waals surface area contributed by atoms with Crippen molar-refractivity contribution in [2.45, 2.75) is 6.92 Å². The van der Waals surface area contributed by atoms with Crippen LogP contribution in [0.3, 0.4) is 0 Å². The number of nitrogens with two attached hydrogens (primary N) is 1. The number of carbonyl (C=O) groups excluding carboxylic acids is 1. The van der Waals surface area contributed by atoms with E-state index < -0.39 is 16.3 Å². The highest BCUT2D eigenvalue weighted by atomic mass is 32.2. The minimum atomic E-state index is -4.05. The molecule has 0 aromatic heterocycles. The fraction of sp³-hybridized carbons (Fsp3) is 0.364. The number of ether oxygens (including phenoxy) is 2. The molecular weight excluding hydrogens is 286 g/mol. The van der Waals surface area contributed by atoms with E-state index in [0.717, 1.165) is 0 Å². The van der Waals surface area contributed by atoms with Crippen molar-refractivity contribution in [1.82, 2.24) is 4.72 Å². The molecule has 0 radical (unpaired) electrons. The van der Waals surface area contributed by atoms with Gasteiger partial charge < -0.3 is 15.2 Å². The summed E-state index contributed by atoms with van der Waals surface area (Å²) in [6, 6.07) is 6.25. The standard InChI is InChI=1S/C11H17N3O5S/c1-2-18-11(15)14-20(16,17)13-9-4-3-5-10(8-9)19-7-6-12/h3-5,8,13H,2,6-7,12H2,1H3,(H,14,15). The van der Waals surface area contributed by atoms with Crippen molar-refractivity contribution in [3.63, 3.8) is 0 Å². The molecule has 0 aliphatic rings. The Kier molecular flexibility index (Phi) is 6.07. The van der Waals surface area contributed by atoms with Crippen LogP contribution in [0, 0.1) is 0 Å². The van der Waals surface area contributed by atoms with E-state index in [2.05, 4.69) is 9.46 Å². The van der Waals surface area contributed by atoms with Gasteiger partial charge in [-0.1, -0.05) is 6.07 Å². The van der Waals surface area contributed by atoms with E-state index in [-0.39, 0.29) is 12.3 Å². The summed E-state index contributed by atoms with van der Waals surface area (Å²) < 4.78 is 36.9. The predicted octanol–water partition coefficient (Wildman–Crippen LogP) is 0.427. The molecule has 0 atom stereocenters. The first-order valence-corrected chi connectivity index (χ1v) is 7.35. The second kappa shape index (κ2) is 7.56. The molecule has 9 heteroatoms. The molecule has 1 amide bonds. The molecule has 0 saturated heterocycles. The molecule has 8 nitrogen and oxygen atoms in total. The van der Waals surface area contributed by atoms with Gasteiger partial charge in [0, 0.05) is 12.6 Å².